The number of anilines is 2. The summed E-state index contributed by atoms with van der Waals surface area (Å²) in [6, 6.07) is 17.0. The summed E-state index contributed by atoms with van der Waals surface area (Å²) in [5.74, 6) is -0.503. The van der Waals surface area contributed by atoms with Crippen molar-refractivity contribution < 1.29 is 19.1 Å². The number of carbonyl (C=O) groups is 3. The van der Waals surface area contributed by atoms with Crippen molar-refractivity contribution in [3.8, 4) is 5.75 Å². The summed E-state index contributed by atoms with van der Waals surface area (Å²) >= 11 is 9.70. The Bertz CT molecular complexity index is 1320. The standard InChI is InChI=1S/C29H31BrClN3O4/c1-5-29(3,6-2)28(37)32-17-18-7-13-24(31)22(15-18)26(35)34-21-12-14-25(38-4)23(16-21)27(36)33-20-10-8-19(30)9-11-20/h7-16H,5-6,17H2,1-4H3,(H,32,37)(H,33,36)(H,34,35). The summed E-state index contributed by atoms with van der Waals surface area (Å²) in [5, 5.41) is 8.85. The summed E-state index contributed by atoms with van der Waals surface area (Å²) in [7, 11) is 1.47. The molecule has 0 aromatic heterocycles. The molecular formula is C29H31BrClN3O4. The van der Waals surface area contributed by atoms with Gasteiger partial charge in [-0.05, 0) is 73.0 Å². The number of methoxy groups -OCH3 is 1. The lowest BCUT2D eigenvalue weighted by Gasteiger charge is -2.25. The second-order valence-electron chi connectivity index (χ2n) is 9.09. The Kier molecular flexibility index (Phi) is 9.94. The Balaban J connectivity index is 1.76. The van der Waals surface area contributed by atoms with Gasteiger partial charge in [0.05, 0.1) is 23.3 Å². The zero-order valence-electron chi connectivity index (χ0n) is 21.8. The van der Waals surface area contributed by atoms with Crippen molar-refractivity contribution in [3.05, 3.63) is 86.8 Å². The molecule has 0 aliphatic carbocycles. The van der Waals surface area contributed by atoms with E-state index in [0.717, 1.165) is 22.9 Å². The van der Waals surface area contributed by atoms with Gasteiger partial charge in [0.15, 0.2) is 0 Å². The minimum absolute atomic E-state index is 0.0318. The molecule has 3 amide bonds. The quantitative estimate of drug-likeness (QED) is 0.232. The molecule has 0 fully saturated rings. The molecule has 9 heteroatoms. The molecule has 0 spiro atoms. The first-order valence-corrected chi connectivity index (χ1v) is 13.4. The third-order valence-electron chi connectivity index (χ3n) is 6.64. The fourth-order valence-electron chi connectivity index (χ4n) is 3.72. The van der Waals surface area contributed by atoms with E-state index >= 15 is 0 Å². The zero-order chi connectivity index (χ0) is 27.9. The summed E-state index contributed by atoms with van der Waals surface area (Å²) in [4.78, 5) is 38.7. The van der Waals surface area contributed by atoms with Crippen molar-refractivity contribution in [2.75, 3.05) is 17.7 Å². The van der Waals surface area contributed by atoms with Gasteiger partial charge in [-0.15, -0.1) is 0 Å². The van der Waals surface area contributed by atoms with E-state index < -0.39 is 11.3 Å². The fraction of sp³-hybridized carbons (Fsp3) is 0.276. The Morgan fingerprint density at radius 3 is 2.11 bits per heavy atom. The van der Waals surface area contributed by atoms with Gasteiger partial charge in [0.25, 0.3) is 11.8 Å². The number of carbonyl (C=O) groups excluding carboxylic acids is 3. The van der Waals surface area contributed by atoms with Crippen LogP contribution in [0.4, 0.5) is 11.4 Å². The molecule has 0 heterocycles. The van der Waals surface area contributed by atoms with Gasteiger partial charge in [-0.25, -0.2) is 0 Å². The summed E-state index contributed by atoms with van der Waals surface area (Å²) in [5.41, 5.74) is 1.82. The number of nitrogens with one attached hydrogen (secondary N) is 3. The largest absolute Gasteiger partial charge is 0.496 e. The van der Waals surface area contributed by atoms with Gasteiger partial charge in [-0.3, -0.25) is 14.4 Å². The van der Waals surface area contributed by atoms with Crippen LogP contribution in [0.25, 0.3) is 0 Å². The Morgan fingerprint density at radius 1 is 0.868 bits per heavy atom. The number of benzene rings is 3. The Labute approximate surface area is 236 Å². The van der Waals surface area contributed by atoms with Gasteiger partial charge in [0, 0.05) is 27.8 Å². The molecule has 0 bridgehead atoms. The van der Waals surface area contributed by atoms with Crippen LogP contribution in [0.2, 0.25) is 5.02 Å². The number of hydrogen-bond acceptors (Lipinski definition) is 4. The van der Waals surface area contributed by atoms with E-state index in [2.05, 4.69) is 31.9 Å². The highest BCUT2D eigenvalue weighted by Gasteiger charge is 2.28. The molecule has 3 aromatic carbocycles. The molecule has 0 aliphatic heterocycles. The third kappa shape index (κ3) is 7.14. The average molecular weight is 601 g/mol. The van der Waals surface area contributed by atoms with Crippen LogP contribution in [0.15, 0.2) is 65.1 Å². The SMILES string of the molecule is CCC(C)(CC)C(=O)NCc1ccc(Cl)c(C(=O)Nc2ccc(OC)c(C(=O)Nc3ccc(Br)cc3)c2)c1. The fourth-order valence-corrected chi connectivity index (χ4v) is 4.18. The Morgan fingerprint density at radius 2 is 1.47 bits per heavy atom. The van der Waals surface area contributed by atoms with Gasteiger partial charge in [0.1, 0.15) is 5.75 Å². The lowest BCUT2D eigenvalue weighted by atomic mass is 9.84. The van der Waals surface area contributed by atoms with E-state index in [0.29, 0.717) is 17.1 Å². The van der Waals surface area contributed by atoms with Gasteiger partial charge in [-0.2, -0.15) is 0 Å². The molecule has 200 valence electrons. The highest BCUT2D eigenvalue weighted by atomic mass is 79.9. The van der Waals surface area contributed by atoms with Gasteiger partial charge >= 0.3 is 0 Å². The smallest absolute Gasteiger partial charge is 0.259 e. The van der Waals surface area contributed by atoms with Crippen LogP contribution in [0, 0.1) is 5.41 Å². The lowest BCUT2D eigenvalue weighted by Crippen LogP contribution is -2.37. The molecule has 0 saturated heterocycles. The molecule has 0 radical (unpaired) electrons. The van der Waals surface area contributed by atoms with Gasteiger partial charge in [0.2, 0.25) is 5.91 Å². The predicted molar refractivity (Wildman–Crippen MR) is 155 cm³/mol. The van der Waals surface area contributed by atoms with E-state index in [9.17, 15) is 14.4 Å². The van der Waals surface area contributed by atoms with Crippen LogP contribution < -0.4 is 20.7 Å². The number of rotatable bonds is 10. The molecule has 0 saturated carbocycles. The van der Waals surface area contributed by atoms with E-state index in [-0.39, 0.29) is 34.5 Å². The molecular weight excluding hydrogens is 570 g/mol. The van der Waals surface area contributed by atoms with Gasteiger partial charge in [-0.1, -0.05) is 54.4 Å². The maximum atomic E-state index is 13.1. The van der Waals surface area contributed by atoms with Gasteiger partial charge < -0.3 is 20.7 Å². The predicted octanol–water partition coefficient (Wildman–Crippen LogP) is 7.06. The van der Waals surface area contributed by atoms with Crippen LogP contribution in [-0.2, 0) is 11.3 Å². The van der Waals surface area contributed by atoms with Crippen molar-refractivity contribution in [1.29, 1.82) is 0 Å². The first-order chi connectivity index (χ1) is 18.1. The van der Waals surface area contributed by atoms with Crippen LogP contribution in [0.1, 0.15) is 59.9 Å². The van der Waals surface area contributed by atoms with Crippen LogP contribution in [0.3, 0.4) is 0 Å². The highest BCUT2D eigenvalue weighted by molar-refractivity contribution is 9.10. The lowest BCUT2D eigenvalue weighted by molar-refractivity contribution is -0.130. The van der Waals surface area contributed by atoms with E-state index in [1.165, 1.54) is 7.11 Å². The van der Waals surface area contributed by atoms with Crippen molar-refractivity contribution in [3.63, 3.8) is 0 Å². The van der Waals surface area contributed by atoms with E-state index in [1.54, 1.807) is 48.5 Å². The molecule has 3 aromatic rings. The summed E-state index contributed by atoms with van der Waals surface area (Å²) in [6.45, 7) is 6.19. The first-order valence-electron chi connectivity index (χ1n) is 12.2. The minimum Gasteiger partial charge on any atom is -0.496 e. The van der Waals surface area contributed by atoms with Crippen LogP contribution >= 0.6 is 27.5 Å². The molecule has 38 heavy (non-hydrogen) atoms. The van der Waals surface area contributed by atoms with Crippen LogP contribution in [0.5, 0.6) is 5.75 Å². The van der Waals surface area contributed by atoms with Crippen molar-refractivity contribution in [2.24, 2.45) is 5.41 Å². The highest BCUT2D eigenvalue weighted by Crippen LogP contribution is 2.27. The number of halogens is 2. The normalized spacial score (nSPS) is 11.0. The zero-order valence-corrected chi connectivity index (χ0v) is 24.1. The van der Waals surface area contributed by atoms with Crippen LogP contribution in [-0.4, -0.2) is 24.8 Å². The second-order valence-corrected chi connectivity index (χ2v) is 10.4. The number of ether oxygens (including phenoxy) is 1. The second kappa shape index (κ2) is 12.9. The van der Waals surface area contributed by atoms with Crippen molar-refractivity contribution in [1.82, 2.24) is 5.32 Å². The molecule has 3 rings (SSSR count). The number of amides is 3. The first kappa shape index (κ1) is 29.2. The molecule has 0 atom stereocenters. The third-order valence-corrected chi connectivity index (χ3v) is 7.50. The van der Waals surface area contributed by atoms with Crippen molar-refractivity contribution in [2.45, 2.75) is 40.2 Å². The van der Waals surface area contributed by atoms with E-state index in [4.69, 9.17) is 16.3 Å². The van der Waals surface area contributed by atoms with Crippen molar-refractivity contribution >= 4 is 56.6 Å². The monoisotopic (exact) mass is 599 g/mol. The maximum Gasteiger partial charge on any atom is 0.259 e. The summed E-state index contributed by atoms with van der Waals surface area (Å²) < 4.78 is 6.24. The molecule has 0 unspecified atom stereocenters. The molecule has 3 N–H and O–H groups in total. The summed E-state index contributed by atoms with van der Waals surface area (Å²) in [6.07, 6.45) is 1.46. The molecule has 0 aliphatic rings. The Hall–Kier alpha value is -3.36. The molecule has 7 nitrogen and oxygen atoms in total. The average Bonchev–Trinajstić information content (AvgIpc) is 2.92. The maximum absolute atomic E-state index is 13.1. The topological polar surface area (TPSA) is 96.5 Å². The minimum atomic E-state index is -0.445. The number of hydrogen-bond donors (Lipinski definition) is 3. The van der Waals surface area contributed by atoms with E-state index in [1.807, 2.05) is 32.9 Å².